The summed E-state index contributed by atoms with van der Waals surface area (Å²) in [5.74, 6) is 1.05. The van der Waals surface area contributed by atoms with E-state index < -0.39 is 0 Å². The molecule has 0 aromatic rings. The zero-order valence-electron chi connectivity index (χ0n) is 10.3. The van der Waals surface area contributed by atoms with Crippen LogP contribution in [0.1, 0.15) is 72.1 Å². The fourth-order valence-electron chi connectivity index (χ4n) is 2.33. The number of rotatable bonds is 5. The summed E-state index contributed by atoms with van der Waals surface area (Å²) in [5, 5.41) is 0. The largest absolute Gasteiger partial charge is 0.0649 e. The minimum atomic E-state index is 0.467. The van der Waals surface area contributed by atoms with Crippen LogP contribution in [-0.2, 0) is 0 Å². The smallest absolute Gasteiger partial charge is 0.0326 e. The second-order valence-electron chi connectivity index (χ2n) is 5.63. The highest BCUT2D eigenvalue weighted by molar-refractivity contribution is 4.84. The molecule has 0 heterocycles. The highest BCUT2D eigenvalue weighted by atomic mass is 14.2. The van der Waals surface area contributed by atoms with Crippen LogP contribution >= 0.6 is 0 Å². The van der Waals surface area contributed by atoms with E-state index in [0.29, 0.717) is 5.41 Å². The van der Waals surface area contributed by atoms with Gasteiger partial charge in [0.05, 0.1) is 0 Å². The summed E-state index contributed by atoms with van der Waals surface area (Å²) >= 11 is 0. The molecule has 0 aromatic carbocycles. The van der Waals surface area contributed by atoms with Crippen LogP contribution in [0.5, 0.6) is 0 Å². The summed E-state index contributed by atoms with van der Waals surface area (Å²) in [4.78, 5) is 0. The molecule has 83 valence electrons. The maximum absolute atomic E-state index is 2.54. The molecule has 0 unspecified atom stereocenters. The molecular weight excluding hydrogens is 168 g/mol. The predicted octanol–water partition coefficient (Wildman–Crippen LogP) is 4.99. The van der Waals surface area contributed by atoms with Gasteiger partial charge in [-0.1, -0.05) is 65.7 Å². The van der Waals surface area contributed by atoms with Crippen LogP contribution in [0.15, 0.2) is 0 Å². The van der Waals surface area contributed by atoms with Gasteiger partial charge in [-0.2, -0.15) is 0 Å². The van der Waals surface area contributed by atoms with Crippen LogP contribution in [-0.4, -0.2) is 0 Å². The Balaban J connectivity index is 2.08. The fourth-order valence-corrected chi connectivity index (χ4v) is 2.33. The van der Waals surface area contributed by atoms with Crippen molar-refractivity contribution >= 4 is 0 Å². The lowest BCUT2D eigenvalue weighted by molar-refractivity contribution is 0.321. The Labute approximate surface area is 90.5 Å². The van der Waals surface area contributed by atoms with Gasteiger partial charge in [-0.25, -0.2) is 0 Å². The van der Waals surface area contributed by atoms with Gasteiger partial charge in [0.25, 0.3) is 0 Å². The molecule has 0 N–H and O–H groups in total. The molecule has 0 aliphatic heterocycles. The van der Waals surface area contributed by atoms with Crippen molar-refractivity contribution in [3.05, 3.63) is 6.42 Å². The minimum Gasteiger partial charge on any atom is -0.0649 e. The summed E-state index contributed by atoms with van der Waals surface area (Å²) in [6, 6.07) is 0. The lowest BCUT2D eigenvalue weighted by Gasteiger charge is -2.25. The molecule has 1 saturated carbocycles. The molecule has 1 aliphatic carbocycles. The van der Waals surface area contributed by atoms with Gasteiger partial charge in [0.15, 0.2) is 0 Å². The molecule has 0 bridgehead atoms. The fraction of sp³-hybridized carbons (Fsp3) is 0.929. The zero-order chi connectivity index (χ0) is 10.4. The molecule has 0 heteroatoms. The van der Waals surface area contributed by atoms with Gasteiger partial charge in [-0.15, -0.1) is 0 Å². The third kappa shape index (κ3) is 4.48. The van der Waals surface area contributed by atoms with Crippen molar-refractivity contribution in [3.63, 3.8) is 0 Å². The SMILES string of the molecule is CCC(C)(C)[CH]CCC1CCCCC1. The molecule has 1 aliphatic rings. The Hall–Kier alpha value is 0. The van der Waals surface area contributed by atoms with Crippen molar-refractivity contribution in [1.29, 1.82) is 0 Å². The van der Waals surface area contributed by atoms with Crippen LogP contribution in [0, 0.1) is 17.8 Å². The average Bonchev–Trinajstić information content (AvgIpc) is 2.19. The predicted molar refractivity (Wildman–Crippen MR) is 64.2 cm³/mol. The highest BCUT2D eigenvalue weighted by Gasteiger charge is 2.17. The average molecular weight is 195 g/mol. The molecule has 14 heavy (non-hydrogen) atoms. The van der Waals surface area contributed by atoms with Crippen molar-refractivity contribution in [3.8, 4) is 0 Å². The summed E-state index contributed by atoms with van der Waals surface area (Å²) in [7, 11) is 0. The van der Waals surface area contributed by atoms with Crippen molar-refractivity contribution < 1.29 is 0 Å². The van der Waals surface area contributed by atoms with Gasteiger partial charge >= 0.3 is 0 Å². The van der Waals surface area contributed by atoms with Gasteiger partial charge in [0, 0.05) is 0 Å². The summed E-state index contributed by atoms with van der Waals surface area (Å²) < 4.78 is 0. The van der Waals surface area contributed by atoms with Crippen molar-refractivity contribution in [2.75, 3.05) is 0 Å². The molecule has 1 fully saturated rings. The van der Waals surface area contributed by atoms with E-state index in [1.54, 1.807) is 0 Å². The van der Waals surface area contributed by atoms with Gasteiger partial charge in [0.1, 0.15) is 0 Å². The maximum Gasteiger partial charge on any atom is -0.0326 e. The molecule has 1 radical (unpaired) electrons. The Morgan fingerprint density at radius 3 is 2.36 bits per heavy atom. The summed E-state index contributed by atoms with van der Waals surface area (Å²) in [6.07, 6.45) is 14.1. The first-order valence-corrected chi connectivity index (χ1v) is 6.48. The quantitative estimate of drug-likeness (QED) is 0.580. The monoisotopic (exact) mass is 195 g/mol. The summed E-state index contributed by atoms with van der Waals surface area (Å²) in [6.45, 7) is 7.00. The van der Waals surface area contributed by atoms with Crippen LogP contribution in [0.25, 0.3) is 0 Å². The first-order valence-electron chi connectivity index (χ1n) is 6.48. The van der Waals surface area contributed by atoms with Crippen LogP contribution in [0.2, 0.25) is 0 Å². The standard InChI is InChI=1S/C14H27/c1-4-14(2,3)12-8-11-13-9-6-5-7-10-13/h12-13H,4-11H2,1-3H3. The molecule has 0 saturated heterocycles. The zero-order valence-corrected chi connectivity index (χ0v) is 10.3. The highest BCUT2D eigenvalue weighted by Crippen LogP contribution is 2.31. The number of hydrogen-bond acceptors (Lipinski definition) is 0. The molecule has 0 nitrogen and oxygen atoms in total. The van der Waals surface area contributed by atoms with E-state index in [2.05, 4.69) is 27.2 Å². The maximum atomic E-state index is 2.54. The van der Waals surface area contributed by atoms with E-state index in [1.807, 2.05) is 0 Å². The van der Waals surface area contributed by atoms with E-state index in [9.17, 15) is 0 Å². The van der Waals surface area contributed by atoms with Gasteiger partial charge < -0.3 is 0 Å². The first-order chi connectivity index (χ1) is 6.64. The Bertz CT molecular complexity index is 140. The molecule has 0 spiro atoms. The Kier molecular flexibility index (Phi) is 4.98. The Morgan fingerprint density at radius 2 is 1.79 bits per heavy atom. The van der Waals surface area contributed by atoms with Gasteiger partial charge in [-0.3, -0.25) is 0 Å². The summed E-state index contributed by atoms with van der Waals surface area (Å²) in [5.41, 5.74) is 0.467. The van der Waals surface area contributed by atoms with Crippen molar-refractivity contribution in [2.24, 2.45) is 11.3 Å². The minimum absolute atomic E-state index is 0.467. The molecule has 0 atom stereocenters. The number of hydrogen-bond donors (Lipinski definition) is 0. The van der Waals surface area contributed by atoms with Crippen molar-refractivity contribution in [2.45, 2.75) is 72.1 Å². The molecular formula is C14H27. The lowest BCUT2D eigenvalue weighted by Crippen LogP contribution is -2.12. The second kappa shape index (κ2) is 5.78. The van der Waals surface area contributed by atoms with E-state index >= 15 is 0 Å². The topological polar surface area (TPSA) is 0 Å². The van der Waals surface area contributed by atoms with E-state index in [-0.39, 0.29) is 0 Å². The lowest BCUT2D eigenvalue weighted by atomic mass is 9.81. The van der Waals surface area contributed by atoms with E-state index in [4.69, 9.17) is 0 Å². The van der Waals surface area contributed by atoms with Crippen LogP contribution < -0.4 is 0 Å². The normalized spacial score (nSPS) is 19.9. The molecule has 0 amide bonds. The van der Waals surface area contributed by atoms with E-state index in [1.165, 1.54) is 51.4 Å². The second-order valence-corrected chi connectivity index (χ2v) is 5.63. The van der Waals surface area contributed by atoms with Crippen LogP contribution in [0.3, 0.4) is 0 Å². The van der Waals surface area contributed by atoms with Crippen molar-refractivity contribution in [1.82, 2.24) is 0 Å². The third-order valence-corrected chi connectivity index (χ3v) is 3.91. The molecule has 0 aromatic heterocycles. The van der Waals surface area contributed by atoms with Gasteiger partial charge in [-0.05, 0) is 24.2 Å². The molecule has 1 rings (SSSR count). The Morgan fingerprint density at radius 1 is 1.14 bits per heavy atom. The van der Waals surface area contributed by atoms with Crippen LogP contribution in [0.4, 0.5) is 0 Å². The first kappa shape index (κ1) is 12.1. The third-order valence-electron chi connectivity index (χ3n) is 3.91. The van der Waals surface area contributed by atoms with Gasteiger partial charge in [0.2, 0.25) is 0 Å². The van der Waals surface area contributed by atoms with E-state index in [0.717, 1.165) is 5.92 Å².